The van der Waals surface area contributed by atoms with Crippen LogP contribution in [0.25, 0.3) is 0 Å². The number of benzene rings is 1. The van der Waals surface area contributed by atoms with Crippen LogP contribution >= 0.6 is 15.9 Å². The van der Waals surface area contributed by atoms with Crippen LogP contribution in [0.3, 0.4) is 0 Å². The van der Waals surface area contributed by atoms with Gasteiger partial charge in [-0.15, -0.1) is 0 Å². The Hall–Kier alpha value is -0.870. The van der Waals surface area contributed by atoms with E-state index < -0.39 is 0 Å². The Morgan fingerprint density at radius 1 is 1.35 bits per heavy atom. The summed E-state index contributed by atoms with van der Waals surface area (Å²) in [6, 6.07) is 6.31. The molecule has 3 rings (SSSR count). The first-order valence-electron chi connectivity index (χ1n) is 7.34. The summed E-state index contributed by atoms with van der Waals surface area (Å²) in [7, 11) is 0. The zero-order valence-electron chi connectivity index (χ0n) is 11.5. The van der Waals surface area contributed by atoms with E-state index in [0.717, 1.165) is 43.2 Å². The molecule has 1 aromatic rings. The molecule has 0 radical (unpaired) electrons. The lowest BCUT2D eigenvalue weighted by molar-refractivity contribution is -0.137. The molecule has 2 unspecified atom stereocenters. The Bertz CT molecular complexity index is 517. The Labute approximate surface area is 128 Å². The van der Waals surface area contributed by atoms with E-state index in [9.17, 15) is 9.90 Å². The van der Waals surface area contributed by atoms with E-state index in [1.807, 2.05) is 11.0 Å². The van der Waals surface area contributed by atoms with Gasteiger partial charge in [-0.3, -0.25) is 4.79 Å². The van der Waals surface area contributed by atoms with Gasteiger partial charge in [-0.1, -0.05) is 22.0 Å². The number of likely N-dealkylation sites (tertiary alicyclic amines) is 1. The molecular formula is C16H20BrNO2. The molecular weight excluding hydrogens is 318 g/mol. The first-order chi connectivity index (χ1) is 9.67. The molecule has 0 aromatic heterocycles. The third-order valence-corrected chi connectivity index (χ3v) is 5.03. The van der Waals surface area contributed by atoms with Crippen molar-refractivity contribution in [1.29, 1.82) is 0 Å². The van der Waals surface area contributed by atoms with Crippen LogP contribution in [0.15, 0.2) is 22.7 Å². The number of aliphatic hydroxyl groups is 1. The summed E-state index contributed by atoms with van der Waals surface area (Å²) in [4.78, 5) is 14.6. The molecule has 1 heterocycles. The molecule has 1 N–H and O–H groups in total. The van der Waals surface area contributed by atoms with Crippen LogP contribution in [0.5, 0.6) is 0 Å². The number of carbonyl (C=O) groups excluding carboxylic acids is 1. The maximum Gasteiger partial charge on any atom is 0.226 e. The zero-order chi connectivity index (χ0) is 14.1. The highest BCUT2D eigenvalue weighted by Gasteiger charge is 2.32. The number of fused-ring (bicyclic) bond motifs is 1. The molecule has 1 saturated heterocycles. The SMILES string of the molecule is O=C(C1Cc2ccc(Br)cc2C1)N1CCCC(CO)C1. The number of carbonyl (C=O) groups is 1. The minimum atomic E-state index is 0.0942. The van der Waals surface area contributed by atoms with Gasteiger partial charge in [-0.2, -0.15) is 0 Å². The number of hydrogen-bond acceptors (Lipinski definition) is 2. The predicted octanol–water partition coefficient (Wildman–Crippen LogP) is 2.39. The molecule has 1 aromatic carbocycles. The molecule has 20 heavy (non-hydrogen) atoms. The van der Waals surface area contributed by atoms with Crippen molar-refractivity contribution in [3.63, 3.8) is 0 Å². The Morgan fingerprint density at radius 3 is 2.95 bits per heavy atom. The van der Waals surface area contributed by atoms with E-state index >= 15 is 0 Å². The molecule has 0 spiro atoms. The molecule has 108 valence electrons. The molecule has 0 bridgehead atoms. The highest BCUT2D eigenvalue weighted by Crippen LogP contribution is 2.31. The number of piperidine rings is 1. The van der Waals surface area contributed by atoms with Gasteiger partial charge >= 0.3 is 0 Å². The van der Waals surface area contributed by atoms with Crippen molar-refractivity contribution in [3.8, 4) is 0 Å². The minimum absolute atomic E-state index is 0.0942. The van der Waals surface area contributed by atoms with Crippen molar-refractivity contribution < 1.29 is 9.90 Å². The number of rotatable bonds is 2. The van der Waals surface area contributed by atoms with E-state index in [-0.39, 0.29) is 24.3 Å². The van der Waals surface area contributed by atoms with Crippen LogP contribution < -0.4 is 0 Å². The van der Waals surface area contributed by atoms with Gasteiger partial charge in [0.25, 0.3) is 0 Å². The first kappa shape index (κ1) is 14.1. The quantitative estimate of drug-likeness (QED) is 0.900. The lowest BCUT2D eigenvalue weighted by atomic mass is 9.96. The van der Waals surface area contributed by atoms with E-state index in [2.05, 4.69) is 28.1 Å². The molecule has 1 aliphatic heterocycles. The van der Waals surface area contributed by atoms with Crippen LogP contribution in [0.1, 0.15) is 24.0 Å². The summed E-state index contributed by atoms with van der Waals surface area (Å²) in [5.74, 6) is 0.637. The van der Waals surface area contributed by atoms with Gasteiger partial charge in [0.1, 0.15) is 0 Å². The van der Waals surface area contributed by atoms with Crippen molar-refractivity contribution in [2.45, 2.75) is 25.7 Å². The van der Waals surface area contributed by atoms with Crippen molar-refractivity contribution in [2.24, 2.45) is 11.8 Å². The van der Waals surface area contributed by atoms with Gasteiger partial charge in [0.2, 0.25) is 5.91 Å². The topological polar surface area (TPSA) is 40.5 Å². The van der Waals surface area contributed by atoms with Gasteiger partial charge in [-0.05, 0) is 54.9 Å². The Kier molecular flexibility index (Phi) is 4.13. The van der Waals surface area contributed by atoms with E-state index in [1.165, 1.54) is 11.1 Å². The number of amides is 1. The average molecular weight is 338 g/mol. The average Bonchev–Trinajstić information content (AvgIpc) is 2.89. The smallest absolute Gasteiger partial charge is 0.226 e. The molecule has 2 aliphatic rings. The monoisotopic (exact) mass is 337 g/mol. The molecule has 3 nitrogen and oxygen atoms in total. The van der Waals surface area contributed by atoms with Crippen LogP contribution in [0.4, 0.5) is 0 Å². The summed E-state index contributed by atoms with van der Waals surface area (Å²) < 4.78 is 1.09. The van der Waals surface area contributed by atoms with Crippen molar-refractivity contribution in [3.05, 3.63) is 33.8 Å². The minimum Gasteiger partial charge on any atom is -0.396 e. The van der Waals surface area contributed by atoms with Crippen LogP contribution in [-0.2, 0) is 17.6 Å². The lowest BCUT2D eigenvalue weighted by Gasteiger charge is -2.33. The second-order valence-electron chi connectivity index (χ2n) is 5.99. The van der Waals surface area contributed by atoms with Crippen molar-refractivity contribution in [1.82, 2.24) is 4.90 Å². The molecule has 1 fully saturated rings. The maximum atomic E-state index is 12.6. The second kappa shape index (κ2) is 5.86. The number of nitrogens with zero attached hydrogens (tertiary/aromatic N) is 1. The zero-order valence-corrected chi connectivity index (χ0v) is 13.1. The number of halogens is 1. The normalized spacial score (nSPS) is 25.6. The summed E-state index contributed by atoms with van der Waals surface area (Å²) in [5.41, 5.74) is 2.61. The van der Waals surface area contributed by atoms with E-state index in [0.29, 0.717) is 0 Å². The largest absolute Gasteiger partial charge is 0.396 e. The highest BCUT2D eigenvalue weighted by atomic mass is 79.9. The fourth-order valence-corrected chi connectivity index (χ4v) is 3.84. The molecule has 1 aliphatic carbocycles. The Morgan fingerprint density at radius 2 is 2.15 bits per heavy atom. The summed E-state index contributed by atoms with van der Waals surface area (Å²) in [6.07, 6.45) is 3.77. The maximum absolute atomic E-state index is 12.6. The summed E-state index contributed by atoms with van der Waals surface area (Å²) in [6.45, 7) is 1.78. The standard InChI is InChI=1S/C16H20BrNO2/c17-15-4-3-12-6-14(7-13(12)8-15)16(20)18-5-1-2-11(9-18)10-19/h3-4,8,11,14,19H,1-2,5-7,9-10H2. The molecule has 4 heteroatoms. The van der Waals surface area contributed by atoms with Crippen molar-refractivity contribution in [2.75, 3.05) is 19.7 Å². The second-order valence-corrected chi connectivity index (χ2v) is 6.91. The van der Waals surface area contributed by atoms with Crippen LogP contribution in [-0.4, -0.2) is 35.6 Å². The van der Waals surface area contributed by atoms with Gasteiger partial charge in [-0.25, -0.2) is 0 Å². The molecule has 0 saturated carbocycles. The van der Waals surface area contributed by atoms with Gasteiger partial charge in [0, 0.05) is 30.1 Å². The van der Waals surface area contributed by atoms with Crippen LogP contribution in [0.2, 0.25) is 0 Å². The highest BCUT2D eigenvalue weighted by molar-refractivity contribution is 9.10. The van der Waals surface area contributed by atoms with Gasteiger partial charge < -0.3 is 10.0 Å². The fourth-order valence-electron chi connectivity index (χ4n) is 3.43. The van der Waals surface area contributed by atoms with Gasteiger partial charge in [0.05, 0.1) is 0 Å². The number of hydrogen-bond donors (Lipinski definition) is 1. The Balaban J connectivity index is 1.68. The molecule has 1 amide bonds. The lowest BCUT2D eigenvalue weighted by Crippen LogP contribution is -2.44. The first-order valence-corrected chi connectivity index (χ1v) is 8.13. The van der Waals surface area contributed by atoms with Gasteiger partial charge in [0.15, 0.2) is 0 Å². The van der Waals surface area contributed by atoms with Crippen molar-refractivity contribution >= 4 is 21.8 Å². The summed E-state index contributed by atoms with van der Waals surface area (Å²) >= 11 is 3.49. The molecule has 2 atom stereocenters. The van der Waals surface area contributed by atoms with E-state index in [4.69, 9.17) is 0 Å². The third kappa shape index (κ3) is 2.77. The fraction of sp³-hybridized carbons (Fsp3) is 0.562. The van der Waals surface area contributed by atoms with Crippen LogP contribution in [0, 0.1) is 11.8 Å². The third-order valence-electron chi connectivity index (χ3n) is 4.54. The summed E-state index contributed by atoms with van der Waals surface area (Å²) in [5, 5.41) is 9.29. The predicted molar refractivity (Wildman–Crippen MR) is 81.4 cm³/mol. The van der Waals surface area contributed by atoms with E-state index in [1.54, 1.807) is 0 Å². The number of aliphatic hydroxyl groups excluding tert-OH is 1.